The highest BCUT2D eigenvalue weighted by Gasteiger charge is 2.03. The predicted molar refractivity (Wildman–Crippen MR) is 73.4 cm³/mol. The van der Waals surface area contributed by atoms with Crippen molar-refractivity contribution >= 4 is 0 Å². The van der Waals surface area contributed by atoms with E-state index in [2.05, 4.69) is 43.0 Å². The Morgan fingerprint density at radius 1 is 1.18 bits per heavy atom. The lowest BCUT2D eigenvalue weighted by atomic mass is 9.97. The average Bonchev–Trinajstić information content (AvgIpc) is 2.36. The van der Waals surface area contributed by atoms with Crippen molar-refractivity contribution < 1.29 is 5.11 Å². The molecule has 0 spiro atoms. The molecule has 0 amide bonds. The minimum absolute atomic E-state index is 0.240. The molecule has 1 N–H and O–H groups in total. The summed E-state index contributed by atoms with van der Waals surface area (Å²) in [6.07, 6.45) is 2.25. The van der Waals surface area contributed by atoms with Crippen LogP contribution in [0.15, 0.2) is 24.3 Å². The highest BCUT2D eigenvalue weighted by molar-refractivity contribution is 5.25. The van der Waals surface area contributed by atoms with Crippen LogP contribution in [-0.2, 0) is 6.42 Å². The molecule has 0 aromatic heterocycles. The van der Waals surface area contributed by atoms with Crippen LogP contribution in [-0.4, -0.2) is 36.8 Å². The van der Waals surface area contributed by atoms with Gasteiger partial charge in [-0.1, -0.05) is 38.1 Å². The Kier molecular flexibility index (Phi) is 6.23. The number of nitrogens with zero attached hydrogens (tertiary/aromatic N) is 1. The maximum Gasteiger partial charge on any atom is 0.0558 e. The molecular formula is C15H25NO. The summed E-state index contributed by atoms with van der Waals surface area (Å²) in [5.41, 5.74) is 2.81. The van der Waals surface area contributed by atoms with Gasteiger partial charge in [0.1, 0.15) is 0 Å². The van der Waals surface area contributed by atoms with E-state index in [9.17, 15) is 0 Å². The van der Waals surface area contributed by atoms with Gasteiger partial charge < -0.3 is 10.0 Å². The van der Waals surface area contributed by atoms with E-state index < -0.39 is 0 Å². The van der Waals surface area contributed by atoms with Crippen LogP contribution < -0.4 is 0 Å². The third-order valence-electron chi connectivity index (χ3n) is 3.43. The van der Waals surface area contributed by atoms with Crippen molar-refractivity contribution in [3.63, 3.8) is 0 Å². The van der Waals surface area contributed by atoms with Gasteiger partial charge in [0.15, 0.2) is 0 Å². The second kappa shape index (κ2) is 7.46. The molecule has 17 heavy (non-hydrogen) atoms. The summed E-state index contributed by atoms with van der Waals surface area (Å²) in [5, 5.41) is 8.82. The van der Waals surface area contributed by atoms with E-state index in [1.807, 2.05) is 7.05 Å². The largest absolute Gasteiger partial charge is 0.395 e. The molecule has 0 aliphatic heterocycles. The Bertz CT molecular complexity index is 307. The predicted octanol–water partition coefficient (Wildman–Crippen LogP) is 2.67. The zero-order valence-electron chi connectivity index (χ0n) is 11.3. The molecule has 0 radical (unpaired) electrons. The molecule has 2 heteroatoms. The molecule has 0 bridgehead atoms. The van der Waals surface area contributed by atoms with Crippen LogP contribution in [0.5, 0.6) is 0 Å². The average molecular weight is 235 g/mol. The Labute approximate surface area is 105 Å². The fourth-order valence-corrected chi connectivity index (χ4v) is 1.85. The molecule has 96 valence electrons. The Hall–Kier alpha value is -0.860. The number of hydrogen-bond donors (Lipinski definition) is 1. The number of likely N-dealkylation sites (N-methyl/N-ethyl adjacent to an activating group) is 1. The summed E-state index contributed by atoms with van der Waals surface area (Å²) < 4.78 is 0. The maximum absolute atomic E-state index is 8.82. The minimum Gasteiger partial charge on any atom is -0.395 e. The van der Waals surface area contributed by atoms with Gasteiger partial charge in [-0.3, -0.25) is 0 Å². The standard InChI is InChI=1S/C15H25NO/c1-4-13(2)15-7-5-14(6-8-15)9-10-16(3)11-12-17/h5-8,13,17H,4,9-12H2,1-3H3. The highest BCUT2D eigenvalue weighted by atomic mass is 16.3. The summed E-state index contributed by atoms with van der Waals surface area (Å²) in [4.78, 5) is 2.16. The number of hydrogen-bond acceptors (Lipinski definition) is 2. The van der Waals surface area contributed by atoms with Crippen LogP contribution in [0.3, 0.4) is 0 Å². The van der Waals surface area contributed by atoms with Gasteiger partial charge in [-0.25, -0.2) is 0 Å². The third kappa shape index (κ3) is 4.88. The van der Waals surface area contributed by atoms with E-state index in [1.54, 1.807) is 0 Å². The van der Waals surface area contributed by atoms with Crippen molar-refractivity contribution in [2.45, 2.75) is 32.6 Å². The fourth-order valence-electron chi connectivity index (χ4n) is 1.85. The zero-order valence-corrected chi connectivity index (χ0v) is 11.3. The lowest BCUT2D eigenvalue weighted by molar-refractivity contribution is 0.223. The Morgan fingerprint density at radius 2 is 1.82 bits per heavy atom. The smallest absolute Gasteiger partial charge is 0.0558 e. The first-order chi connectivity index (χ1) is 8.17. The molecule has 1 aromatic carbocycles. The van der Waals surface area contributed by atoms with E-state index in [1.165, 1.54) is 17.5 Å². The van der Waals surface area contributed by atoms with Gasteiger partial charge >= 0.3 is 0 Å². The zero-order chi connectivity index (χ0) is 12.7. The van der Waals surface area contributed by atoms with Crippen molar-refractivity contribution in [2.75, 3.05) is 26.7 Å². The van der Waals surface area contributed by atoms with Crippen LogP contribution in [0, 0.1) is 0 Å². The first kappa shape index (κ1) is 14.2. The molecule has 0 fully saturated rings. The maximum atomic E-state index is 8.82. The van der Waals surface area contributed by atoms with Crippen molar-refractivity contribution in [3.05, 3.63) is 35.4 Å². The van der Waals surface area contributed by atoms with Gasteiger partial charge in [-0.15, -0.1) is 0 Å². The Morgan fingerprint density at radius 3 is 2.35 bits per heavy atom. The van der Waals surface area contributed by atoms with E-state index in [0.717, 1.165) is 19.5 Å². The van der Waals surface area contributed by atoms with Crippen molar-refractivity contribution in [1.29, 1.82) is 0 Å². The van der Waals surface area contributed by atoms with Gasteiger partial charge in [0.2, 0.25) is 0 Å². The van der Waals surface area contributed by atoms with Crippen LogP contribution in [0.1, 0.15) is 37.3 Å². The van der Waals surface area contributed by atoms with Crippen LogP contribution in [0.4, 0.5) is 0 Å². The molecule has 1 rings (SSSR count). The van der Waals surface area contributed by atoms with Crippen molar-refractivity contribution in [2.24, 2.45) is 0 Å². The third-order valence-corrected chi connectivity index (χ3v) is 3.43. The van der Waals surface area contributed by atoms with Gasteiger partial charge in [0.05, 0.1) is 6.61 Å². The molecule has 2 nitrogen and oxygen atoms in total. The molecule has 1 atom stereocenters. The molecule has 1 aromatic rings. The second-order valence-electron chi connectivity index (χ2n) is 4.83. The number of aliphatic hydroxyl groups excluding tert-OH is 1. The van der Waals surface area contributed by atoms with E-state index in [4.69, 9.17) is 5.11 Å². The molecule has 1 unspecified atom stereocenters. The molecule has 0 saturated carbocycles. The van der Waals surface area contributed by atoms with Crippen molar-refractivity contribution in [1.82, 2.24) is 4.90 Å². The first-order valence-corrected chi connectivity index (χ1v) is 6.55. The van der Waals surface area contributed by atoms with E-state index in [0.29, 0.717) is 5.92 Å². The summed E-state index contributed by atoms with van der Waals surface area (Å²) >= 11 is 0. The SMILES string of the molecule is CCC(C)c1ccc(CCN(C)CCO)cc1. The monoisotopic (exact) mass is 235 g/mol. The van der Waals surface area contributed by atoms with Gasteiger partial charge in [-0.2, -0.15) is 0 Å². The summed E-state index contributed by atoms with van der Waals surface area (Å²) in [5.74, 6) is 0.654. The lowest BCUT2D eigenvalue weighted by Gasteiger charge is -2.15. The fraction of sp³-hybridized carbons (Fsp3) is 0.600. The summed E-state index contributed by atoms with van der Waals surface area (Å²) in [6.45, 7) is 6.49. The molecular weight excluding hydrogens is 210 g/mol. The van der Waals surface area contributed by atoms with E-state index in [-0.39, 0.29) is 6.61 Å². The molecule has 0 saturated heterocycles. The van der Waals surface area contributed by atoms with Crippen LogP contribution >= 0.6 is 0 Å². The normalized spacial score (nSPS) is 13.0. The first-order valence-electron chi connectivity index (χ1n) is 6.55. The number of benzene rings is 1. The van der Waals surface area contributed by atoms with Gasteiger partial charge in [0, 0.05) is 13.1 Å². The van der Waals surface area contributed by atoms with Crippen LogP contribution in [0.25, 0.3) is 0 Å². The summed E-state index contributed by atoms with van der Waals surface area (Å²) in [6, 6.07) is 8.95. The molecule has 0 heterocycles. The minimum atomic E-state index is 0.240. The number of aliphatic hydroxyl groups is 1. The number of rotatable bonds is 7. The van der Waals surface area contributed by atoms with Crippen LogP contribution in [0.2, 0.25) is 0 Å². The van der Waals surface area contributed by atoms with Gasteiger partial charge in [0.25, 0.3) is 0 Å². The van der Waals surface area contributed by atoms with Crippen molar-refractivity contribution in [3.8, 4) is 0 Å². The molecule has 0 aliphatic carbocycles. The lowest BCUT2D eigenvalue weighted by Crippen LogP contribution is -2.24. The quantitative estimate of drug-likeness (QED) is 0.785. The summed E-state index contributed by atoms with van der Waals surface area (Å²) in [7, 11) is 2.05. The Balaban J connectivity index is 2.45. The molecule has 0 aliphatic rings. The highest BCUT2D eigenvalue weighted by Crippen LogP contribution is 2.18. The topological polar surface area (TPSA) is 23.5 Å². The van der Waals surface area contributed by atoms with E-state index >= 15 is 0 Å². The van der Waals surface area contributed by atoms with Gasteiger partial charge in [-0.05, 0) is 36.9 Å². The second-order valence-corrected chi connectivity index (χ2v) is 4.83.